The summed E-state index contributed by atoms with van der Waals surface area (Å²) in [7, 11) is 0. The molecule has 0 fully saturated rings. The Labute approximate surface area is 202 Å². The van der Waals surface area contributed by atoms with Crippen molar-refractivity contribution < 1.29 is 19.7 Å². The van der Waals surface area contributed by atoms with Gasteiger partial charge < -0.3 is 20.3 Å². The Hall–Kier alpha value is -2.59. The average Bonchev–Trinajstić information content (AvgIpc) is 3.16. The van der Waals surface area contributed by atoms with E-state index in [1.165, 1.54) is 11.1 Å². The number of fused-ring (bicyclic) bond motifs is 1. The number of hydrogen-bond donors (Lipinski definition) is 3. The van der Waals surface area contributed by atoms with Crippen LogP contribution in [0, 0.1) is 17.2 Å². The number of halogens is 1. The summed E-state index contributed by atoms with van der Waals surface area (Å²) < 4.78 is 5.72. The van der Waals surface area contributed by atoms with Gasteiger partial charge in [-0.3, -0.25) is 4.79 Å². The van der Waals surface area contributed by atoms with Crippen molar-refractivity contribution >= 4 is 18.4 Å². The number of aliphatic hydroxyl groups excluding tert-OH is 1. The Balaban J connectivity index is 0.00000385. The lowest BCUT2D eigenvalue weighted by molar-refractivity contribution is -0.136. The molecule has 3 N–H and O–H groups in total. The summed E-state index contributed by atoms with van der Waals surface area (Å²) in [6.07, 6.45) is 2.85. The normalized spacial score (nSPS) is 14.1. The topological polar surface area (TPSA) is 103 Å². The number of aliphatic carboxylic acids is 1. The minimum absolute atomic E-state index is 0. The zero-order chi connectivity index (χ0) is 23.1. The zero-order valence-electron chi connectivity index (χ0n) is 19.2. The molecule has 178 valence electrons. The molecule has 1 unspecified atom stereocenters. The maximum Gasteiger partial charge on any atom is 0.303 e. The van der Waals surface area contributed by atoms with E-state index in [0.717, 1.165) is 24.8 Å². The largest absolute Gasteiger partial charge is 0.489 e. The van der Waals surface area contributed by atoms with Crippen molar-refractivity contribution in [3.8, 4) is 11.8 Å². The fourth-order valence-electron chi connectivity index (χ4n) is 4.41. The van der Waals surface area contributed by atoms with Gasteiger partial charge in [0.25, 0.3) is 0 Å². The van der Waals surface area contributed by atoms with Gasteiger partial charge in [-0.2, -0.15) is 5.26 Å². The van der Waals surface area contributed by atoms with Gasteiger partial charge in [-0.15, -0.1) is 12.4 Å². The number of ether oxygens (including phenoxy) is 1. The summed E-state index contributed by atoms with van der Waals surface area (Å²) in [5.74, 6) is 0.0925. The highest BCUT2D eigenvalue weighted by atomic mass is 35.5. The fraction of sp³-hybridized carbons (Fsp3) is 0.462. The van der Waals surface area contributed by atoms with E-state index in [1.54, 1.807) is 18.2 Å². The van der Waals surface area contributed by atoms with E-state index in [2.05, 4.69) is 49.5 Å². The highest BCUT2D eigenvalue weighted by Gasteiger charge is 2.28. The van der Waals surface area contributed by atoms with Crippen LogP contribution >= 0.6 is 12.4 Å². The van der Waals surface area contributed by atoms with E-state index in [0.29, 0.717) is 30.2 Å². The van der Waals surface area contributed by atoms with Gasteiger partial charge in [0.05, 0.1) is 5.56 Å². The molecule has 1 aliphatic carbocycles. The quantitative estimate of drug-likeness (QED) is 0.458. The van der Waals surface area contributed by atoms with E-state index in [9.17, 15) is 15.2 Å². The van der Waals surface area contributed by atoms with E-state index in [-0.39, 0.29) is 31.0 Å². The number of β-amino-alcohol motifs (C(OH)–C–C–N with tert-alkyl or cyclic N) is 1. The number of aliphatic hydroxyl groups is 1. The molecular weight excluding hydrogens is 440 g/mol. The number of carboxylic acid groups (broad SMARTS) is 1. The first-order valence-electron chi connectivity index (χ1n) is 11.1. The van der Waals surface area contributed by atoms with Crippen LogP contribution in [0.15, 0.2) is 42.5 Å². The van der Waals surface area contributed by atoms with Gasteiger partial charge in [0.15, 0.2) is 0 Å². The predicted octanol–water partition coefficient (Wildman–Crippen LogP) is 3.91. The summed E-state index contributed by atoms with van der Waals surface area (Å²) in [6.45, 7) is 4.74. The number of nitrogens with one attached hydrogen (secondary N) is 1. The molecule has 7 heteroatoms. The van der Waals surface area contributed by atoms with Gasteiger partial charge in [-0.1, -0.05) is 30.3 Å². The van der Waals surface area contributed by atoms with E-state index >= 15 is 0 Å². The highest BCUT2D eigenvalue weighted by molar-refractivity contribution is 5.85. The van der Waals surface area contributed by atoms with Crippen LogP contribution in [0.3, 0.4) is 0 Å². The molecule has 0 saturated heterocycles. The lowest BCUT2D eigenvalue weighted by atomic mass is 9.88. The maximum atomic E-state index is 10.8. The number of carboxylic acids is 1. The Morgan fingerprint density at radius 2 is 1.91 bits per heavy atom. The van der Waals surface area contributed by atoms with Crippen LogP contribution in [-0.2, 0) is 24.1 Å². The molecule has 0 aliphatic heterocycles. The number of benzene rings is 2. The Morgan fingerprint density at radius 1 is 1.24 bits per heavy atom. The zero-order valence-corrected chi connectivity index (χ0v) is 20.0. The SMILES string of the molecule is CC(C)(CC1Cc2ccccc2C1)NCC(O)COc1cc(CCC(=O)O)ccc1C#N.Cl. The first kappa shape index (κ1) is 26.7. The van der Waals surface area contributed by atoms with Crippen LogP contribution in [0.4, 0.5) is 0 Å². The van der Waals surface area contributed by atoms with Crippen molar-refractivity contribution in [3.05, 3.63) is 64.7 Å². The van der Waals surface area contributed by atoms with Crippen LogP contribution in [0.5, 0.6) is 5.75 Å². The average molecular weight is 473 g/mol. The first-order valence-corrected chi connectivity index (χ1v) is 11.1. The van der Waals surface area contributed by atoms with Gasteiger partial charge >= 0.3 is 5.97 Å². The van der Waals surface area contributed by atoms with Gasteiger partial charge in [-0.25, -0.2) is 0 Å². The molecule has 0 radical (unpaired) electrons. The van der Waals surface area contributed by atoms with Crippen molar-refractivity contribution in [1.29, 1.82) is 5.26 Å². The molecule has 0 spiro atoms. The molecule has 33 heavy (non-hydrogen) atoms. The van der Waals surface area contributed by atoms with Crippen LogP contribution in [0.25, 0.3) is 0 Å². The molecule has 1 aliphatic rings. The van der Waals surface area contributed by atoms with Crippen LogP contribution in [-0.4, -0.2) is 41.0 Å². The fourth-order valence-corrected chi connectivity index (χ4v) is 4.41. The molecule has 2 aromatic carbocycles. The number of aryl methyl sites for hydroxylation is 1. The Morgan fingerprint density at radius 3 is 2.52 bits per heavy atom. The standard InChI is InChI=1S/C26H32N2O4.ClH/c1-26(2,14-19-11-20-5-3-4-6-21(20)12-19)28-16-23(29)17-32-24-13-18(8-10-25(30)31)7-9-22(24)15-27;/h3-7,9,13,19,23,28-29H,8,10-12,14,16-17H2,1-2H3,(H,30,31);1H. The van der Waals surface area contributed by atoms with Gasteiger partial charge in [0, 0.05) is 18.5 Å². The van der Waals surface area contributed by atoms with E-state index < -0.39 is 12.1 Å². The van der Waals surface area contributed by atoms with Crippen molar-refractivity contribution in [2.24, 2.45) is 5.92 Å². The molecular formula is C26H33ClN2O4. The maximum absolute atomic E-state index is 10.8. The first-order chi connectivity index (χ1) is 15.3. The van der Waals surface area contributed by atoms with Crippen molar-refractivity contribution in [1.82, 2.24) is 5.32 Å². The lowest BCUT2D eigenvalue weighted by Crippen LogP contribution is -2.46. The molecule has 3 rings (SSSR count). The minimum atomic E-state index is -0.873. The van der Waals surface area contributed by atoms with Crippen LogP contribution < -0.4 is 10.1 Å². The second-order valence-corrected chi connectivity index (χ2v) is 9.31. The number of hydrogen-bond acceptors (Lipinski definition) is 5. The minimum Gasteiger partial charge on any atom is -0.489 e. The second kappa shape index (κ2) is 12.0. The molecule has 1 atom stereocenters. The number of rotatable bonds is 11. The van der Waals surface area contributed by atoms with E-state index in [4.69, 9.17) is 9.84 Å². The van der Waals surface area contributed by atoms with Crippen molar-refractivity contribution in [2.45, 2.75) is 57.6 Å². The number of carbonyl (C=O) groups is 1. The molecule has 6 nitrogen and oxygen atoms in total. The summed E-state index contributed by atoms with van der Waals surface area (Å²) in [4.78, 5) is 10.8. The van der Waals surface area contributed by atoms with Crippen molar-refractivity contribution in [3.63, 3.8) is 0 Å². The van der Waals surface area contributed by atoms with Crippen LogP contribution in [0.1, 0.15) is 48.9 Å². The Bertz CT molecular complexity index is 961. The second-order valence-electron chi connectivity index (χ2n) is 9.31. The predicted molar refractivity (Wildman–Crippen MR) is 130 cm³/mol. The molecule has 0 bridgehead atoms. The third-order valence-electron chi connectivity index (χ3n) is 5.98. The summed E-state index contributed by atoms with van der Waals surface area (Å²) in [6, 6.07) is 15.7. The molecule has 2 aromatic rings. The third-order valence-corrected chi connectivity index (χ3v) is 5.98. The monoisotopic (exact) mass is 472 g/mol. The van der Waals surface area contributed by atoms with Crippen molar-refractivity contribution in [2.75, 3.05) is 13.2 Å². The van der Waals surface area contributed by atoms with E-state index in [1.807, 2.05) is 0 Å². The molecule has 0 amide bonds. The molecule has 0 aromatic heterocycles. The smallest absolute Gasteiger partial charge is 0.303 e. The van der Waals surface area contributed by atoms with Crippen LogP contribution in [0.2, 0.25) is 0 Å². The summed E-state index contributed by atoms with van der Waals surface area (Å²) >= 11 is 0. The molecule has 0 heterocycles. The van der Waals surface area contributed by atoms with Gasteiger partial charge in [0.2, 0.25) is 0 Å². The highest BCUT2D eigenvalue weighted by Crippen LogP contribution is 2.31. The third kappa shape index (κ3) is 8.04. The molecule has 0 saturated carbocycles. The summed E-state index contributed by atoms with van der Waals surface area (Å²) in [5, 5.41) is 32.1. The lowest BCUT2D eigenvalue weighted by Gasteiger charge is -2.30. The van der Waals surface area contributed by atoms with Gasteiger partial charge in [-0.05, 0) is 74.3 Å². The number of nitrogens with zero attached hydrogens (tertiary/aromatic N) is 1. The summed E-state index contributed by atoms with van der Waals surface area (Å²) in [5.41, 5.74) is 3.92. The van der Waals surface area contributed by atoms with Gasteiger partial charge in [0.1, 0.15) is 24.5 Å². The number of nitriles is 1. The Kier molecular flexibility index (Phi) is 9.72.